The highest BCUT2D eigenvalue weighted by molar-refractivity contribution is 6.28. The summed E-state index contributed by atoms with van der Waals surface area (Å²) in [5.41, 5.74) is 0.293. The van der Waals surface area contributed by atoms with Crippen LogP contribution in [0.4, 0.5) is 10.6 Å². The van der Waals surface area contributed by atoms with E-state index in [2.05, 4.69) is 9.97 Å². The zero-order valence-electron chi connectivity index (χ0n) is 11.5. The van der Waals surface area contributed by atoms with E-state index in [1.807, 2.05) is 30.3 Å². The Bertz CT molecular complexity index is 721. The number of benzene rings is 1. The standard InChI is InChI=1S/C15H12ClN3O3/c16-13-17-7-6-11(18-13)19-12(10-4-2-1-3-5-10)15(8-21-9-15)22-14(19)20/h1-7,12H,8-9H2/t12-/m1/s1. The molecule has 2 aromatic rings. The Morgan fingerprint density at radius 1 is 1.23 bits per heavy atom. The Morgan fingerprint density at radius 2 is 2.00 bits per heavy atom. The van der Waals surface area contributed by atoms with E-state index in [1.165, 1.54) is 11.1 Å². The molecule has 0 saturated carbocycles. The minimum absolute atomic E-state index is 0.0860. The number of hydrogen-bond donors (Lipinski definition) is 0. The Balaban J connectivity index is 1.83. The van der Waals surface area contributed by atoms with Crippen molar-refractivity contribution in [1.82, 2.24) is 9.97 Å². The monoisotopic (exact) mass is 317 g/mol. The first-order valence-electron chi connectivity index (χ1n) is 6.83. The number of rotatable bonds is 2. The molecule has 22 heavy (non-hydrogen) atoms. The quantitative estimate of drug-likeness (QED) is 0.797. The van der Waals surface area contributed by atoms with Crippen LogP contribution in [0.5, 0.6) is 0 Å². The summed E-state index contributed by atoms with van der Waals surface area (Å²) in [6, 6.07) is 11.0. The van der Waals surface area contributed by atoms with Crippen LogP contribution in [0.25, 0.3) is 0 Å². The fraction of sp³-hybridized carbons (Fsp3) is 0.267. The summed E-state index contributed by atoms with van der Waals surface area (Å²) in [6.45, 7) is 0.737. The summed E-state index contributed by atoms with van der Waals surface area (Å²) in [7, 11) is 0. The van der Waals surface area contributed by atoms with Crippen molar-refractivity contribution in [3.05, 3.63) is 53.4 Å². The molecule has 1 amide bonds. The number of anilines is 1. The molecule has 1 aromatic heterocycles. The molecule has 0 aliphatic carbocycles. The topological polar surface area (TPSA) is 64.6 Å². The molecule has 3 heterocycles. The van der Waals surface area contributed by atoms with Crippen LogP contribution in [0.1, 0.15) is 11.6 Å². The van der Waals surface area contributed by atoms with Crippen LogP contribution in [0.15, 0.2) is 42.6 Å². The van der Waals surface area contributed by atoms with Crippen LogP contribution in [-0.2, 0) is 9.47 Å². The lowest BCUT2D eigenvalue weighted by molar-refractivity contribution is -0.170. The predicted molar refractivity (Wildman–Crippen MR) is 78.7 cm³/mol. The van der Waals surface area contributed by atoms with E-state index in [-0.39, 0.29) is 11.3 Å². The summed E-state index contributed by atoms with van der Waals surface area (Å²) < 4.78 is 10.9. The van der Waals surface area contributed by atoms with Crippen LogP contribution in [-0.4, -0.2) is 34.9 Å². The van der Waals surface area contributed by atoms with Crippen molar-refractivity contribution in [2.45, 2.75) is 11.6 Å². The second-order valence-corrected chi connectivity index (χ2v) is 5.63. The number of hydrogen-bond acceptors (Lipinski definition) is 5. The van der Waals surface area contributed by atoms with Gasteiger partial charge in [-0.2, -0.15) is 0 Å². The van der Waals surface area contributed by atoms with Gasteiger partial charge < -0.3 is 9.47 Å². The third-order valence-corrected chi connectivity index (χ3v) is 4.09. The van der Waals surface area contributed by atoms with Crippen LogP contribution in [0, 0.1) is 0 Å². The fourth-order valence-electron chi connectivity index (χ4n) is 2.91. The molecule has 7 heteroatoms. The fourth-order valence-corrected chi connectivity index (χ4v) is 3.06. The smallest absolute Gasteiger partial charge is 0.417 e. The molecule has 0 bridgehead atoms. The van der Waals surface area contributed by atoms with Gasteiger partial charge in [-0.05, 0) is 23.2 Å². The van der Waals surface area contributed by atoms with Crippen molar-refractivity contribution in [2.75, 3.05) is 18.1 Å². The summed E-state index contributed by atoms with van der Waals surface area (Å²) in [5, 5.41) is 0.0860. The van der Waals surface area contributed by atoms with E-state index in [9.17, 15) is 4.79 Å². The van der Waals surface area contributed by atoms with Crippen molar-refractivity contribution in [2.24, 2.45) is 0 Å². The van der Waals surface area contributed by atoms with Crippen molar-refractivity contribution in [1.29, 1.82) is 0 Å². The molecular weight excluding hydrogens is 306 g/mol. The van der Waals surface area contributed by atoms with Crippen molar-refractivity contribution in [3.63, 3.8) is 0 Å². The molecule has 1 atom stereocenters. The van der Waals surface area contributed by atoms with E-state index >= 15 is 0 Å². The van der Waals surface area contributed by atoms with Gasteiger partial charge in [-0.1, -0.05) is 30.3 Å². The predicted octanol–water partition coefficient (Wildman–Crippen LogP) is 2.60. The average Bonchev–Trinajstić information content (AvgIpc) is 2.82. The van der Waals surface area contributed by atoms with Gasteiger partial charge >= 0.3 is 6.09 Å². The maximum Gasteiger partial charge on any atom is 0.417 e. The molecule has 4 rings (SSSR count). The maximum atomic E-state index is 12.4. The van der Waals surface area contributed by atoms with Gasteiger partial charge in [-0.25, -0.2) is 19.7 Å². The zero-order valence-corrected chi connectivity index (χ0v) is 12.2. The highest BCUT2D eigenvalue weighted by atomic mass is 35.5. The van der Waals surface area contributed by atoms with Crippen LogP contribution in [0.2, 0.25) is 5.28 Å². The molecule has 2 saturated heterocycles. The largest absolute Gasteiger partial charge is 0.435 e. The first-order valence-corrected chi connectivity index (χ1v) is 7.21. The summed E-state index contributed by atoms with van der Waals surface area (Å²) in [5.74, 6) is 0.419. The lowest BCUT2D eigenvalue weighted by Crippen LogP contribution is -2.54. The molecule has 2 fully saturated rings. The Morgan fingerprint density at radius 3 is 2.64 bits per heavy atom. The van der Waals surface area contributed by atoms with Gasteiger partial charge in [-0.15, -0.1) is 0 Å². The molecule has 1 aromatic carbocycles. The van der Waals surface area contributed by atoms with Gasteiger partial charge in [0, 0.05) is 6.20 Å². The number of carbonyl (C=O) groups excluding carboxylic acids is 1. The van der Waals surface area contributed by atoms with Gasteiger partial charge in [0.25, 0.3) is 0 Å². The summed E-state index contributed by atoms with van der Waals surface area (Å²) >= 11 is 5.86. The molecular formula is C15H12ClN3O3. The zero-order chi connectivity index (χ0) is 15.2. The molecule has 2 aliphatic rings. The van der Waals surface area contributed by atoms with Crippen LogP contribution < -0.4 is 4.90 Å². The van der Waals surface area contributed by atoms with E-state index in [0.717, 1.165) is 5.56 Å². The second kappa shape index (κ2) is 4.93. The van der Waals surface area contributed by atoms with Crippen LogP contribution >= 0.6 is 11.6 Å². The van der Waals surface area contributed by atoms with Gasteiger partial charge in [0.2, 0.25) is 5.28 Å². The second-order valence-electron chi connectivity index (χ2n) is 5.29. The van der Waals surface area contributed by atoms with Gasteiger partial charge in [0.05, 0.1) is 13.2 Å². The molecule has 6 nitrogen and oxygen atoms in total. The molecule has 0 radical (unpaired) electrons. The lowest BCUT2D eigenvalue weighted by atomic mass is 9.86. The van der Waals surface area contributed by atoms with Crippen LogP contribution in [0.3, 0.4) is 0 Å². The minimum atomic E-state index is -0.671. The average molecular weight is 318 g/mol. The molecule has 1 spiro atoms. The Kier molecular flexibility index (Phi) is 3.02. The number of aromatic nitrogens is 2. The van der Waals surface area contributed by atoms with E-state index in [4.69, 9.17) is 21.1 Å². The molecule has 0 N–H and O–H groups in total. The van der Waals surface area contributed by atoms with Crippen molar-refractivity contribution in [3.8, 4) is 0 Å². The van der Waals surface area contributed by atoms with Gasteiger partial charge in [0.15, 0.2) is 5.60 Å². The van der Waals surface area contributed by atoms with Gasteiger partial charge in [-0.3, -0.25) is 0 Å². The summed E-state index contributed by atoms with van der Waals surface area (Å²) in [4.78, 5) is 21.9. The highest BCUT2D eigenvalue weighted by Gasteiger charge is 2.60. The maximum absolute atomic E-state index is 12.4. The number of amides is 1. The minimum Gasteiger partial charge on any atom is -0.435 e. The number of halogens is 1. The van der Waals surface area contributed by atoms with E-state index < -0.39 is 11.7 Å². The first-order chi connectivity index (χ1) is 10.7. The van der Waals surface area contributed by atoms with E-state index in [0.29, 0.717) is 19.0 Å². The van der Waals surface area contributed by atoms with Crippen molar-refractivity contribution >= 4 is 23.5 Å². The third-order valence-electron chi connectivity index (χ3n) is 3.91. The molecule has 0 unspecified atom stereocenters. The normalized spacial score (nSPS) is 22.5. The number of carbonyl (C=O) groups is 1. The number of nitrogens with zero attached hydrogens (tertiary/aromatic N) is 3. The lowest BCUT2D eigenvalue weighted by Gasteiger charge is -2.40. The number of ether oxygens (including phenoxy) is 2. The molecule has 112 valence electrons. The highest BCUT2D eigenvalue weighted by Crippen LogP contribution is 2.47. The Hall–Kier alpha value is -2.18. The Labute approximate surface area is 131 Å². The van der Waals surface area contributed by atoms with E-state index in [1.54, 1.807) is 6.07 Å². The van der Waals surface area contributed by atoms with Crippen molar-refractivity contribution < 1.29 is 14.3 Å². The SMILES string of the molecule is O=C1OC2(COC2)[C@@H](c2ccccc2)N1c1ccnc(Cl)n1. The first kappa shape index (κ1) is 13.5. The summed E-state index contributed by atoms with van der Waals surface area (Å²) in [6.07, 6.45) is 1.06. The van der Waals surface area contributed by atoms with Gasteiger partial charge in [0.1, 0.15) is 11.9 Å². The molecule has 2 aliphatic heterocycles. The third kappa shape index (κ3) is 1.95.